The summed E-state index contributed by atoms with van der Waals surface area (Å²) in [5.74, 6) is -14.4. The van der Waals surface area contributed by atoms with Crippen LogP contribution in [0, 0.1) is 11.8 Å². The number of nitrogens with zero attached hydrogens (tertiary/aromatic N) is 2. The Labute approximate surface area is 434 Å². The van der Waals surface area contributed by atoms with Gasteiger partial charge in [-0.05, 0) is 50.8 Å². The van der Waals surface area contributed by atoms with Gasteiger partial charge in [0.1, 0.15) is 26.4 Å². The Balaban J connectivity index is 1.30. The zero-order chi connectivity index (χ0) is 55.7. The highest BCUT2D eigenvalue weighted by Gasteiger charge is 2.50. The van der Waals surface area contributed by atoms with E-state index in [2.05, 4.69) is 10.6 Å². The molecule has 5 atom stereocenters. The number of Topliss-reactive ketones (excluding diaryl/α,β-unsaturated/α-hetero) is 2. The summed E-state index contributed by atoms with van der Waals surface area (Å²) in [6.07, 6.45) is -6.20. The number of hydrogen-bond donors (Lipinski definition) is 4. The SMILES string of the molecule is CC[C@@]1(OC(=O)CNC(=O)CCC(NC(=O)C(CCC(=O)OCCOCCOC)CC(=O)COC(=O)C(C)OC(C)=O)C(=O)CC(CCC(=O)O)C(=O)O)C(=O)OCc2c1cc1n(c2=O)Cc2cc3ccccc3nc2-1. The molecule has 0 saturated heterocycles. The van der Waals surface area contributed by atoms with Gasteiger partial charge in [-0.15, -0.1) is 0 Å². The first-order chi connectivity index (χ1) is 36.2. The van der Waals surface area contributed by atoms with Crippen LogP contribution < -0.4 is 16.2 Å². The molecule has 76 heavy (non-hydrogen) atoms. The van der Waals surface area contributed by atoms with Crippen LogP contribution in [0.5, 0.6) is 0 Å². The fourth-order valence-corrected chi connectivity index (χ4v) is 8.49. The highest BCUT2D eigenvalue weighted by atomic mass is 16.6. The number of carbonyl (C=O) groups excluding carboxylic acids is 9. The molecule has 0 aliphatic carbocycles. The number of benzene rings is 1. The fraction of sp³-hybridized carbons (Fsp3) is 0.510. The lowest BCUT2D eigenvalue weighted by Gasteiger charge is -2.35. The normalized spacial score (nSPS) is 15.8. The fourth-order valence-electron chi connectivity index (χ4n) is 8.49. The maximum Gasteiger partial charge on any atom is 0.355 e. The lowest BCUT2D eigenvalue weighted by molar-refractivity contribution is -0.189. The number of ketones is 2. The number of esters is 5. The maximum absolute atomic E-state index is 14.0. The molecule has 4 unspecified atom stereocenters. The number of nitrogens with one attached hydrogen (secondary N) is 2. The van der Waals surface area contributed by atoms with Gasteiger partial charge >= 0.3 is 41.8 Å². The summed E-state index contributed by atoms with van der Waals surface area (Å²) in [5, 5.41) is 24.6. The number of carbonyl (C=O) groups is 11. The lowest BCUT2D eigenvalue weighted by atomic mass is 9.85. The van der Waals surface area contributed by atoms with Gasteiger partial charge in [0.25, 0.3) is 5.56 Å². The number of ether oxygens (including phenoxy) is 7. The van der Waals surface area contributed by atoms with E-state index in [1.807, 2.05) is 30.3 Å². The van der Waals surface area contributed by atoms with E-state index in [9.17, 15) is 67.7 Å². The molecule has 5 rings (SSSR count). The topological polar surface area (TPSA) is 352 Å². The highest BCUT2D eigenvalue weighted by Crippen LogP contribution is 2.41. The second kappa shape index (κ2) is 27.6. The molecule has 0 fully saturated rings. The number of aromatic nitrogens is 2. The molecule has 0 radical (unpaired) electrons. The molecule has 0 spiro atoms. The molecule has 2 aliphatic rings. The van der Waals surface area contributed by atoms with Gasteiger partial charge in [0.15, 0.2) is 17.7 Å². The third kappa shape index (κ3) is 15.8. The van der Waals surface area contributed by atoms with E-state index in [1.54, 1.807) is 6.07 Å². The van der Waals surface area contributed by atoms with Crippen molar-refractivity contribution in [3.63, 3.8) is 0 Å². The van der Waals surface area contributed by atoms with Crippen molar-refractivity contribution in [3.05, 3.63) is 63.4 Å². The summed E-state index contributed by atoms with van der Waals surface area (Å²) in [7, 11) is 1.47. The number of cyclic esters (lactones) is 1. The summed E-state index contributed by atoms with van der Waals surface area (Å²) in [4.78, 5) is 160. The average Bonchev–Trinajstić information content (AvgIpc) is 3.74. The van der Waals surface area contributed by atoms with Crippen molar-refractivity contribution in [2.75, 3.05) is 46.7 Å². The number of pyridine rings is 2. The maximum atomic E-state index is 14.0. The zero-order valence-electron chi connectivity index (χ0n) is 42.3. The van der Waals surface area contributed by atoms with Crippen LogP contribution in [0.1, 0.15) is 95.2 Å². The quantitative estimate of drug-likeness (QED) is 0.0316. The number of amides is 2. The predicted octanol–water partition coefficient (Wildman–Crippen LogP) is 1.59. The number of carboxylic acids is 2. The smallest absolute Gasteiger partial charge is 0.355 e. The molecule has 3 aromatic rings. The van der Waals surface area contributed by atoms with Gasteiger partial charge in [0, 0.05) is 68.6 Å². The summed E-state index contributed by atoms with van der Waals surface area (Å²) >= 11 is 0. The van der Waals surface area contributed by atoms with Gasteiger partial charge in [-0.25, -0.2) is 14.6 Å². The van der Waals surface area contributed by atoms with Crippen molar-refractivity contribution in [1.82, 2.24) is 20.2 Å². The molecule has 410 valence electrons. The Morgan fingerprint density at radius 1 is 0.868 bits per heavy atom. The Bertz CT molecular complexity index is 2790. The van der Waals surface area contributed by atoms with Crippen LogP contribution in [0.25, 0.3) is 22.3 Å². The van der Waals surface area contributed by atoms with E-state index in [0.29, 0.717) is 16.9 Å². The van der Waals surface area contributed by atoms with Crippen molar-refractivity contribution in [3.8, 4) is 11.4 Å². The third-order valence-corrected chi connectivity index (χ3v) is 12.5. The summed E-state index contributed by atoms with van der Waals surface area (Å²) in [5.41, 5.74) is -0.145. The van der Waals surface area contributed by atoms with Crippen molar-refractivity contribution in [2.45, 2.75) is 109 Å². The number of para-hydroxylation sites is 1. The van der Waals surface area contributed by atoms with Gasteiger partial charge in [0.2, 0.25) is 17.4 Å². The number of rotatable bonds is 31. The monoisotopic (exact) mass is 1060 g/mol. The second-order valence-electron chi connectivity index (χ2n) is 17.9. The third-order valence-electron chi connectivity index (χ3n) is 12.5. The molecule has 25 heteroatoms. The largest absolute Gasteiger partial charge is 0.481 e. The van der Waals surface area contributed by atoms with Crippen molar-refractivity contribution < 1.29 is 96.1 Å². The minimum Gasteiger partial charge on any atom is -0.481 e. The van der Waals surface area contributed by atoms with Crippen LogP contribution in [0.2, 0.25) is 0 Å². The summed E-state index contributed by atoms with van der Waals surface area (Å²) in [6, 6.07) is 9.17. The molecular formula is C51H60N4O21. The van der Waals surface area contributed by atoms with Crippen LogP contribution in [0.15, 0.2) is 41.2 Å². The summed E-state index contributed by atoms with van der Waals surface area (Å²) in [6.45, 7) is 2.15. The standard InChI is InChI=1S/C51H60N4O21/c1-5-51(36-23-39-45-33(20-30-8-6-7-9-37(30)53-45)25-55(39)47(65)35(36)27-74-50(51)69)76-44(63)24-52-41(59)13-12-38(40(58)22-32(48(66)67)10-14-42(60)61)54-46(64)31(11-15-43(62)72-19-18-71-17-16-70-4)21-34(57)26-73-49(68)28(2)75-29(3)56/h6-9,20,23,28,31-32,38H,5,10-19,21-22,24-27H2,1-4H3,(H,52,59)(H,54,64)(H,60,61)(H,66,67)/t28?,31?,32?,38?,51-/m0/s1. The molecular weight excluding hydrogens is 1000 g/mol. The lowest BCUT2D eigenvalue weighted by Crippen LogP contribution is -2.49. The number of methoxy groups -OCH3 is 1. The minimum atomic E-state index is -2.12. The number of aliphatic carboxylic acids is 2. The number of hydrogen-bond acceptors (Lipinski definition) is 20. The molecule has 2 amide bonds. The predicted molar refractivity (Wildman–Crippen MR) is 258 cm³/mol. The minimum absolute atomic E-state index is 0.00971. The Morgan fingerprint density at radius 2 is 1.59 bits per heavy atom. The Hall–Kier alpha value is -7.93. The molecule has 2 aromatic heterocycles. The molecule has 25 nitrogen and oxygen atoms in total. The average molecular weight is 1070 g/mol. The van der Waals surface area contributed by atoms with Gasteiger partial charge in [-0.1, -0.05) is 25.1 Å². The van der Waals surface area contributed by atoms with E-state index < -0.39 is 165 Å². The van der Waals surface area contributed by atoms with E-state index in [0.717, 1.165) is 17.9 Å². The Morgan fingerprint density at radius 3 is 2.29 bits per heavy atom. The van der Waals surface area contributed by atoms with Gasteiger partial charge < -0.3 is 58.6 Å². The number of fused-ring (bicyclic) bond motifs is 5. The van der Waals surface area contributed by atoms with E-state index >= 15 is 0 Å². The van der Waals surface area contributed by atoms with Crippen LogP contribution in [0.4, 0.5) is 0 Å². The first-order valence-corrected chi connectivity index (χ1v) is 24.3. The molecule has 4 N–H and O–H groups in total. The van der Waals surface area contributed by atoms with E-state index in [1.165, 1.54) is 25.5 Å². The Kier molecular flexibility index (Phi) is 21.4. The van der Waals surface area contributed by atoms with Gasteiger partial charge in [-0.2, -0.15) is 0 Å². The molecule has 2 aliphatic heterocycles. The van der Waals surface area contributed by atoms with Crippen LogP contribution in [-0.2, 0) is 105 Å². The first-order valence-electron chi connectivity index (χ1n) is 24.3. The van der Waals surface area contributed by atoms with E-state index in [4.69, 9.17) is 38.1 Å². The van der Waals surface area contributed by atoms with Crippen LogP contribution in [0.3, 0.4) is 0 Å². The zero-order valence-corrected chi connectivity index (χ0v) is 42.3. The van der Waals surface area contributed by atoms with Gasteiger partial charge in [0.05, 0.1) is 60.8 Å². The molecule has 0 saturated carbocycles. The van der Waals surface area contributed by atoms with Gasteiger partial charge in [-0.3, -0.25) is 47.9 Å². The van der Waals surface area contributed by atoms with Crippen molar-refractivity contribution >= 4 is 76.1 Å². The first kappa shape index (κ1) is 59.0. The summed E-state index contributed by atoms with van der Waals surface area (Å²) < 4.78 is 37.6. The van der Waals surface area contributed by atoms with E-state index in [-0.39, 0.29) is 56.9 Å². The van der Waals surface area contributed by atoms with Crippen LogP contribution in [-0.4, -0.2) is 144 Å². The molecule has 1 aromatic carbocycles. The molecule has 4 heterocycles. The highest BCUT2D eigenvalue weighted by molar-refractivity contribution is 5.95. The van der Waals surface area contributed by atoms with Crippen LogP contribution >= 0.6 is 0 Å². The molecule has 0 bridgehead atoms. The second-order valence-corrected chi connectivity index (χ2v) is 17.9. The number of carboxylic acid groups (broad SMARTS) is 2. The van der Waals surface area contributed by atoms with Crippen molar-refractivity contribution in [2.24, 2.45) is 11.8 Å². The van der Waals surface area contributed by atoms with Crippen molar-refractivity contribution in [1.29, 1.82) is 0 Å².